The van der Waals surface area contributed by atoms with E-state index in [0.29, 0.717) is 25.9 Å². The zero-order valence-electron chi connectivity index (χ0n) is 20.7. The third-order valence-electron chi connectivity index (χ3n) is 6.43. The van der Waals surface area contributed by atoms with Crippen molar-refractivity contribution in [2.24, 2.45) is 5.41 Å². The number of carbonyl (C=O) groups is 3. The normalized spacial score (nSPS) is 17.9. The summed E-state index contributed by atoms with van der Waals surface area (Å²) in [5, 5.41) is 8.93. The number of aryl methyl sites for hydroxylation is 1. The van der Waals surface area contributed by atoms with Gasteiger partial charge in [0.2, 0.25) is 11.8 Å². The van der Waals surface area contributed by atoms with Gasteiger partial charge < -0.3 is 20.7 Å². The van der Waals surface area contributed by atoms with Crippen LogP contribution in [0.3, 0.4) is 0 Å². The summed E-state index contributed by atoms with van der Waals surface area (Å²) in [7, 11) is 0. The highest BCUT2D eigenvalue weighted by molar-refractivity contribution is 6.03. The quantitative estimate of drug-likeness (QED) is 0.310. The molecule has 8 nitrogen and oxygen atoms in total. The number of hydrogen-bond acceptors (Lipinski definition) is 5. The van der Waals surface area contributed by atoms with Gasteiger partial charge in [-0.1, -0.05) is 63.9 Å². The van der Waals surface area contributed by atoms with Gasteiger partial charge >= 0.3 is 6.03 Å². The number of amides is 4. The second-order valence-corrected chi connectivity index (χ2v) is 8.61. The lowest BCUT2D eigenvalue weighted by Gasteiger charge is -2.53. The molecule has 0 saturated carbocycles. The number of nitrogens with one attached hydrogen (secondary N) is 3. The molecule has 0 unspecified atom stereocenters. The van der Waals surface area contributed by atoms with Crippen molar-refractivity contribution in [2.75, 3.05) is 26.2 Å². The van der Waals surface area contributed by atoms with Gasteiger partial charge in [-0.2, -0.15) is 0 Å². The summed E-state index contributed by atoms with van der Waals surface area (Å²) in [4.78, 5) is 39.6. The Hall–Kier alpha value is -2.45. The summed E-state index contributed by atoms with van der Waals surface area (Å²) in [6.07, 6.45) is 1.95. The van der Waals surface area contributed by atoms with Gasteiger partial charge in [0.15, 0.2) is 6.23 Å². The number of benzene rings is 1. The van der Waals surface area contributed by atoms with Crippen LogP contribution in [0.5, 0.6) is 0 Å². The zero-order chi connectivity index (χ0) is 24.4. The molecule has 1 heterocycles. The first-order chi connectivity index (χ1) is 15.8. The standard InChI is InChI=1S/C25H40N4O4/c1-6-10-20(19-13-11-18(5)12-14-19)28-24(32)29-22(31)25(7-2,8-3)23(29)33-17-21(30)27-16-15-26-9-4/h11-14,20,23,26H,6-10,15-17H2,1-5H3,(H,27,30)(H,28,32)/t20-,23+/m1/s1. The number of rotatable bonds is 13. The molecule has 1 aromatic carbocycles. The molecule has 0 spiro atoms. The van der Waals surface area contributed by atoms with E-state index in [-0.39, 0.29) is 24.5 Å². The van der Waals surface area contributed by atoms with Crippen molar-refractivity contribution in [2.45, 2.75) is 72.6 Å². The van der Waals surface area contributed by atoms with Crippen molar-refractivity contribution in [1.29, 1.82) is 0 Å². The number of β-lactam (4-membered cyclic amide) rings is 1. The van der Waals surface area contributed by atoms with Crippen LogP contribution in [0.4, 0.5) is 4.79 Å². The molecule has 0 aliphatic carbocycles. The molecule has 33 heavy (non-hydrogen) atoms. The fraction of sp³-hybridized carbons (Fsp3) is 0.640. The average Bonchev–Trinajstić information content (AvgIpc) is 2.80. The molecule has 2 atom stereocenters. The van der Waals surface area contributed by atoms with E-state index in [2.05, 4.69) is 22.9 Å². The minimum Gasteiger partial charge on any atom is -0.353 e. The Labute approximate surface area is 197 Å². The molecule has 3 N–H and O–H groups in total. The van der Waals surface area contributed by atoms with Crippen molar-refractivity contribution in [3.05, 3.63) is 35.4 Å². The van der Waals surface area contributed by atoms with Gasteiger partial charge in [0.1, 0.15) is 6.61 Å². The van der Waals surface area contributed by atoms with Gasteiger partial charge in [-0.25, -0.2) is 9.69 Å². The van der Waals surface area contributed by atoms with Crippen molar-refractivity contribution < 1.29 is 19.1 Å². The Morgan fingerprint density at radius 2 is 1.76 bits per heavy atom. The van der Waals surface area contributed by atoms with E-state index >= 15 is 0 Å². The Morgan fingerprint density at radius 1 is 1.09 bits per heavy atom. The Bertz CT molecular complexity index is 792. The van der Waals surface area contributed by atoms with Crippen LogP contribution in [0.1, 0.15) is 70.5 Å². The van der Waals surface area contributed by atoms with E-state index in [9.17, 15) is 14.4 Å². The first kappa shape index (κ1) is 26.8. The minimum absolute atomic E-state index is 0.202. The molecule has 8 heteroatoms. The average molecular weight is 461 g/mol. The molecule has 1 aromatic rings. The summed E-state index contributed by atoms with van der Waals surface area (Å²) in [6, 6.07) is 7.35. The van der Waals surface area contributed by atoms with E-state index in [1.54, 1.807) is 0 Å². The zero-order valence-corrected chi connectivity index (χ0v) is 20.7. The van der Waals surface area contributed by atoms with Crippen LogP contribution in [0.2, 0.25) is 0 Å². The first-order valence-corrected chi connectivity index (χ1v) is 12.1. The molecule has 1 aliphatic rings. The van der Waals surface area contributed by atoms with Gasteiger partial charge in [-0.15, -0.1) is 0 Å². The molecule has 1 aliphatic heterocycles. The lowest BCUT2D eigenvalue weighted by atomic mass is 9.72. The molecule has 2 rings (SSSR count). The summed E-state index contributed by atoms with van der Waals surface area (Å²) in [5.74, 6) is -0.515. The van der Waals surface area contributed by atoms with E-state index in [0.717, 1.165) is 35.4 Å². The van der Waals surface area contributed by atoms with Crippen molar-refractivity contribution in [3.63, 3.8) is 0 Å². The summed E-state index contributed by atoms with van der Waals surface area (Å²) in [6.45, 7) is 11.7. The number of carbonyl (C=O) groups excluding carboxylic acids is 3. The van der Waals surface area contributed by atoms with Crippen molar-refractivity contribution >= 4 is 17.8 Å². The molecular formula is C25H40N4O4. The molecule has 0 aromatic heterocycles. The van der Waals surface area contributed by atoms with Crippen LogP contribution >= 0.6 is 0 Å². The van der Waals surface area contributed by atoms with Crippen LogP contribution in [0.15, 0.2) is 24.3 Å². The van der Waals surface area contributed by atoms with Crippen LogP contribution in [0.25, 0.3) is 0 Å². The van der Waals surface area contributed by atoms with Gasteiger partial charge in [-0.3, -0.25) is 9.59 Å². The van der Waals surface area contributed by atoms with Crippen LogP contribution in [-0.4, -0.2) is 55.2 Å². The highest BCUT2D eigenvalue weighted by atomic mass is 16.5. The number of urea groups is 1. The van der Waals surface area contributed by atoms with Crippen molar-refractivity contribution in [3.8, 4) is 0 Å². The van der Waals surface area contributed by atoms with Gasteiger partial charge in [0.05, 0.1) is 11.5 Å². The number of hydrogen-bond donors (Lipinski definition) is 3. The fourth-order valence-electron chi connectivity index (χ4n) is 4.27. The summed E-state index contributed by atoms with van der Waals surface area (Å²) >= 11 is 0. The second-order valence-electron chi connectivity index (χ2n) is 8.61. The van der Waals surface area contributed by atoms with Crippen molar-refractivity contribution in [1.82, 2.24) is 20.9 Å². The fourth-order valence-corrected chi connectivity index (χ4v) is 4.27. The predicted molar refractivity (Wildman–Crippen MR) is 129 cm³/mol. The summed E-state index contributed by atoms with van der Waals surface area (Å²) < 4.78 is 5.87. The topological polar surface area (TPSA) is 99.8 Å². The number of likely N-dealkylation sites (N-methyl/N-ethyl adjacent to an activating group) is 1. The van der Waals surface area contributed by atoms with Gasteiger partial charge in [0, 0.05) is 13.1 Å². The lowest BCUT2D eigenvalue weighted by molar-refractivity contribution is -0.210. The number of likely N-dealkylation sites (tertiary alicyclic amines) is 1. The van der Waals surface area contributed by atoms with Crippen LogP contribution in [-0.2, 0) is 14.3 Å². The highest BCUT2D eigenvalue weighted by Gasteiger charge is 2.62. The minimum atomic E-state index is -0.786. The molecule has 4 amide bonds. The maximum Gasteiger partial charge on any atom is 0.326 e. The maximum absolute atomic E-state index is 13.2. The number of ether oxygens (including phenoxy) is 1. The number of nitrogens with zero attached hydrogens (tertiary/aromatic N) is 1. The lowest BCUT2D eigenvalue weighted by Crippen LogP contribution is -2.72. The van der Waals surface area contributed by atoms with E-state index in [4.69, 9.17) is 4.74 Å². The first-order valence-electron chi connectivity index (χ1n) is 12.1. The monoisotopic (exact) mass is 460 g/mol. The molecule has 0 radical (unpaired) electrons. The molecule has 1 fully saturated rings. The molecular weight excluding hydrogens is 420 g/mol. The SMILES string of the molecule is CCC[C@@H](NC(=O)N1C(=O)C(CC)(CC)[C@@H]1OCC(=O)NCCNCC)c1ccc(C)cc1. The van der Waals surface area contributed by atoms with Crippen LogP contribution in [0, 0.1) is 12.3 Å². The summed E-state index contributed by atoms with van der Waals surface area (Å²) in [5.41, 5.74) is 1.36. The van der Waals surface area contributed by atoms with E-state index < -0.39 is 17.7 Å². The largest absolute Gasteiger partial charge is 0.353 e. The van der Waals surface area contributed by atoms with Crippen LogP contribution < -0.4 is 16.0 Å². The third kappa shape index (κ3) is 6.32. The Morgan fingerprint density at radius 3 is 2.33 bits per heavy atom. The number of imide groups is 1. The smallest absolute Gasteiger partial charge is 0.326 e. The van der Waals surface area contributed by atoms with E-state index in [1.165, 1.54) is 0 Å². The highest BCUT2D eigenvalue weighted by Crippen LogP contribution is 2.46. The predicted octanol–water partition coefficient (Wildman–Crippen LogP) is 3.26. The molecule has 1 saturated heterocycles. The van der Waals surface area contributed by atoms with E-state index in [1.807, 2.05) is 52.0 Å². The third-order valence-corrected chi connectivity index (χ3v) is 6.43. The molecule has 184 valence electrons. The van der Waals surface area contributed by atoms with Gasteiger partial charge in [0.25, 0.3) is 0 Å². The Kier molecular flexibility index (Phi) is 10.3. The Balaban J connectivity index is 2.09. The molecule has 0 bridgehead atoms. The van der Waals surface area contributed by atoms with Gasteiger partial charge in [-0.05, 0) is 38.3 Å². The second kappa shape index (κ2) is 12.7. The maximum atomic E-state index is 13.2.